The molecule has 2 bridgehead atoms. The first kappa shape index (κ1) is 13.5. The van der Waals surface area contributed by atoms with Gasteiger partial charge in [-0.15, -0.1) is 0 Å². The number of aryl methyl sites for hydroxylation is 1. The summed E-state index contributed by atoms with van der Waals surface area (Å²) in [5, 5.41) is 9.29. The van der Waals surface area contributed by atoms with Crippen molar-refractivity contribution >= 4 is 0 Å². The van der Waals surface area contributed by atoms with E-state index in [1.165, 1.54) is 12.8 Å². The summed E-state index contributed by atoms with van der Waals surface area (Å²) in [4.78, 5) is 0. The Kier molecular flexibility index (Phi) is 2.87. The number of nitrogens with zero attached hydrogens (tertiary/aromatic N) is 1. The monoisotopic (exact) mass is 269 g/mol. The Morgan fingerprint density at radius 3 is 2.60 bits per heavy atom. The highest BCUT2D eigenvalue weighted by Gasteiger charge is 2.62. The third kappa shape index (κ3) is 1.62. The lowest BCUT2D eigenvalue weighted by Crippen LogP contribution is -2.39. The van der Waals surface area contributed by atoms with Crippen LogP contribution in [0.2, 0.25) is 0 Å². The number of nitriles is 1. The lowest BCUT2D eigenvalue weighted by atomic mass is 9.70. The second-order valence-corrected chi connectivity index (χ2v) is 7.28. The lowest BCUT2D eigenvalue weighted by molar-refractivity contribution is 0.0296. The minimum Gasteiger partial charge on any atom is -0.488 e. The highest BCUT2D eigenvalue weighted by molar-refractivity contribution is 5.48. The molecule has 2 heteroatoms. The Hall–Kier alpha value is -1.49. The van der Waals surface area contributed by atoms with Crippen LogP contribution in [0.1, 0.15) is 51.2 Å². The third-order valence-electron chi connectivity index (χ3n) is 6.31. The van der Waals surface area contributed by atoms with Gasteiger partial charge in [-0.2, -0.15) is 5.26 Å². The number of hydrogen-bond acceptors (Lipinski definition) is 2. The van der Waals surface area contributed by atoms with Gasteiger partial charge >= 0.3 is 0 Å². The van der Waals surface area contributed by atoms with Crippen molar-refractivity contribution in [3.63, 3.8) is 0 Å². The van der Waals surface area contributed by atoms with Crippen LogP contribution in [0.5, 0.6) is 5.75 Å². The van der Waals surface area contributed by atoms with E-state index in [1.54, 1.807) is 0 Å². The molecule has 3 atom stereocenters. The van der Waals surface area contributed by atoms with E-state index in [0.29, 0.717) is 11.0 Å². The molecule has 0 heterocycles. The highest BCUT2D eigenvalue weighted by Crippen LogP contribution is 2.66. The molecule has 0 aliphatic heterocycles. The van der Waals surface area contributed by atoms with Crippen LogP contribution in [0, 0.1) is 35.0 Å². The van der Waals surface area contributed by atoms with Crippen molar-refractivity contribution in [2.45, 2.75) is 53.1 Å². The SMILES string of the molecule is Cc1cccc(C#N)c1OC1CC2CCC1(C)C2(C)C. The maximum absolute atomic E-state index is 9.29. The topological polar surface area (TPSA) is 33.0 Å². The Bertz CT molecular complexity index is 584. The van der Waals surface area contributed by atoms with Crippen LogP contribution in [-0.4, -0.2) is 6.10 Å². The molecule has 3 unspecified atom stereocenters. The Morgan fingerprint density at radius 2 is 2.05 bits per heavy atom. The summed E-state index contributed by atoms with van der Waals surface area (Å²) in [6.45, 7) is 9.17. The van der Waals surface area contributed by atoms with Crippen molar-refractivity contribution in [3.05, 3.63) is 29.3 Å². The quantitative estimate of drug-likeness (QED) is 0.794. The molecule has 2 fully saturated rings. The van der Waals surface area contributed by atoms with E-state index in [9.17, 15) is 5.26 Å². The summed E-state index contributed by atoms with van der Waals surface area (Å²) < 4.78 is 6.38. The van der Waals surface area contributed by atoms with Crippen molar-refractivity contribution < 1.29 is 4.74 Å². The van der Waals surface area contributed by atoms with E-state index in [4.69, 9.17) is 4.74 Å². The molecular weight excluding hydrogens is 246 g/mol. The molecule has 0 spiro atoms. The van der Waals surface area contributed by atoms with Crippen molar-refractivity contribution in [3.8, 4) is 11.8 Å². The molecule has 2 aliphatic carbocycles. The van der Waals surface area contributed by atoms with Crippen LogP contribution in [0.4, 0.5) is 0 Å². The van der Waals surface area contributed by atoms with Crippen LogP contribution in [0.3, 0.4) is 0 Å². The fraction of sp³-hybridized carbons (Fsp3) is 0.611. The van der Waals surface area contributed by atoms with Gasteiger partial charge in [0, 0.05) is 5.41 Å². The van der Waals surface area contributed by atoms with Gasteiger partial charge in [-0.1, -0.05) is 32.9 Å². The first-order chi connectivity index (χ1) is 9.40. The first-order valence-electron chi connectivity index (χ1n) is 7.56. The number of benzene rings is 1. The number of para-hydroxylation sites is 1. The van der Waals surface area contributed by atoms with E-state index in [1.807, 2.05) is 25.1 Å². The maximum atomic E-state index is 9.29. The molecular formula is C18H23NO. The molecule has 0 aromatic heterocycles. The molecule has 0 radical (unpaired) electrons. The van der Waals surface area contributed by atoms with Crippen molar-refractivity contribution in [1.29, 1.82) is 5.26 Å². The van der Waals surface area contributed by atoms with Crippen molar-refractivity contribution in [1.82, 2.24) is 0 Å². The minimum atomic E-state index is 0.229. The Morgan fingerprint density at radius 1 is 1.30 bits per heavy atom. The average molecular weight is 269 g/mol. The van der Waals surface area contributed by atoms with Crippen LogP contribution in [0.15, 0.2) is 18.2 Å². The van der Waals surface area contributed by atoms with E-state index >= 15 is 0 Å². The predicted molar refractivity (Wildman–Crippen MR) is 79.5 cm³/mol. The van der Waals surface area contributed by atoms with Crippen LogP contribution < -0.4 is 4.74 Å². The normalized spacial score (nSPS) is 34.0. The molecule has 20 heavy (non-hydrogen) atoms. The molecule has 3 rings (SSSR count). The van der Waals surface area contributed by atoms with Crippen LogP contribution >= 0.6 is 0 Å². The zero-order valence-corrected chi connectivity index (χ0v) is 12.9. The smallest absolute Gasteiger partial charge is 0.140 e. The zero-order valence-electron chi connectivity index (χ0n) is 12.9. The van der Waals surface area contributed by atoms with Crippen molar-refractivity contribution in [2.24, 2.45) is 16.7 Å². The van der Waals surface area contributed by atoms with Crippen LogP contribution in [-0.2, 0) is 0 Å². The first-order valence-corrected chi connectivity index (χ1v) is 7.56. The Balaban J connectivity index is 1.93. The minimum absolute atomic E-state index is 0.229. The lowest BCUT2D eigenvalue weighted by Gasteiger charge is -2.39. The van der Waals surface area contributed by atoms with Crippen molar-refractivity contribution in [2.75, 3.05) is 0 Å². The third-order valence-corrected chi connectivity index (χ3v) is 6.31. The second-order valence-electron chi connectivity index (χ2n) is 7.28. The summed E-state index contributed by atoms with van der Waals surface area (Å²) in [6, 6.07) is 8.06. The summed E-state index contributed by atoms with van der Waals surface area (Å²) in [6.07, 6.45) is 3.93. The maximum Gasteiger partial charge on any atom is 0.140 e. The van der Waals surface area contributed by atoms with Crippen LogP contribution in [0.25, 0.3) is 0 Å². The second kappa shape index (κ2) is 4.25. The number of rotatable bonds is 2. The van der Waals surface area contributed by atoms with Gasteiger partial charge in [-0.3, -0.25) is 0 Å². The largest absolute Gasteiger partial charge is 0.488 e. The highest BCUT2D eigenvalue weighted by atomic mass is 16.5. The standard InChI is InChI=1S/C18H23NO/c1-12-6-5-7-13(11-19)16(12)20-15-10-14-8-9-18(15,4)17(14,2)3/h5-7,14-15H,8-10H2,1-4H3. The summed E-state index contributed by atoms with van der Waals surface area (Å²) >= 11 is 0. The fourth-order valence-electron chi connectivity index (χ4n) is 4.35. The molecule has 1 aromatic rings. The van der Waals surface area contributed by atoms with Gasteiger partial charge in [0.15, 0.2) is 0 Å². The molecule has 0 saturated heterocycles. The number of hydrogen-bond donors (Lipinski definition) is 0. The van der Waals surface area contributed by atoms with Gasteiger partial charge in [0.25, 0.3) is 0 Å². The molecule has 2 saturated carbocycles. The summed E-state index contributed by atoms with van der Waals surface area (Å²) in [5.41, 5.74) is 2.29. The van der Waals surface area contributed by atoms with Gasteiger partial charge in [0.2, 0.25) is 0 Å². The molecule has 2 nitrogen and oxygen atoms in total. The summed E-state index contributed by atoms with van der Waals surface area (Å²) in [5.74, 6) is 1.55. The summed E-state index contributed by atoms with van der Waals surface area (Å²) in [7, 11) is 0. The van der Waals surface area contributed by atoms with Gasteiger partial charge in [0.1, 0.15) is 17.9 Å². The number of fused-ring (bicyclic) bond motifs is 2. The molecule has 1 aromatic carbocycles. The average Bonchev–Trinajstić information content (AvgIpc) is 2.74. The van der Waals surface area contributed by atoms with E-state index in [-0.39, 0.29) is 11.5 Å². The van der Waals surface area contributed by atoms with E-state index < -0.39 is 0 Å². The molecule has 0 N–H and O–H groups in total. The zero-order chi connectivity index (χ0) is 14.5. The van der Waals surface area contributed by atoms with Gasteiger partial charge in [-0.25, -0.2) is 0 Å². The molecule has 2 aliphatic rings. The molecule has 106 valence electrons. The van der Waals surface area contributed by atoms with E-state index in [0.717, 1.165) is 23.7 Å². The predicted octanol–water partition coefficient (Wildman–Crippen LogP) is 4.46. The van der Waals surface area contributed by atoms with Gasteiger partial charge in [-0.05, 0) is 49.1 Å². The van der Waals surface area contributed by atoms with Gasteiger partial charge < -0.3 is 4.74 Å². The van der Waals surface area contributed by atoms with E-state index in [2.05, 4.69) is 26.8 Å². The molecule has 0 amide bonds. The van der Waals surface area contributed by atoms with Gasteiger partial charge in [0.05, 0.1) is 5.56 Å². The Labute approximate surface area is 121 Å². The fourth-order valence-corrected chi connectivity index (χ4v) is 4.35. The number of ether oxygens (including phenoxy) is 1.